The minimum Gasteiger partial charge on any atom is -0.334 e. The van der Waals surface area contributed by atoms with E-state index in [0.29, 0.717) is 0 Å². The van der Waals surface area contributed by atoms with Crippen molar-refractivity contribution in [3.05, 3.63) is 147 Å². The third kappa shape index (κ3) is 6.93. The van der Waals surface area contributed by atoms with E-state index in [4.69, 9.17) is 0 Å². The number of thiophene rings is 1. The lowest BCUT2D eigenvalue weighted by atomic mass is 9.33. The zero-order valence-electron chi connectivity index (χ0n) is 53.5. The molecule has 3 nitrogen and oxygen atoms in total. The Bertz CT molecular complexity index is 4000. The lowest BCUT2D eigenvalue weighted by molar-refractivity contribution is 0.188. The van der Waals surface area contributed by atoms with Crippen LogP contribution in [0.1, 0.15) is 251 Å². The first kappa shape index (κ1) is 53.2. The largest absolute Gasteiger partial charge is 0.334 e. The fraction of sp³-hybridized carbons (Fsp3) is 0.513. The fourth-order valence-corrected chi connectivity index (χ4v) is 21.0. The van der Waals surface area contributed by atoms with Crippen LogP contribution in [-0.2, 0) is 48.7 Å². The molecule has 17 rings (SSSR count). The maximum atomic E-state index is 2.89. The minimum atomic E-state index is -0.114. The van der Waals surface area contributed by atoms with Crippen molar-refractivity contribution >= 4 is 89.3 Å². The summed E-state index contributed by atoms with van der Waals surface area (Å²) < 4.78 is 1.46. The lowest BCUT2D eigenvalue weighted by Crippen LogP contribution is -2.61. The average molecular weight is 1110 g/mol. The second-order valence-electron chi connectivity index (χ2n) is 33.7. The van der Waals surface area contributed by atoms with Gasteiger partial charge in [-0.1, -0.05) is 153 Å². The lowest BCUT2D eigenvalue weighted by Gasteiger charge is -2.52. The Morgan fingerprint density at radius 3 is 1.42 bits per heavy atom. The molecule has 5 heteroatoms. The summed E-state index contributed by atoms with van der Waals surface area (Å²) in [6, 6.07) is 41.8. The summed E-state index contributed by atoms with van der Waals surface area (Å²) >= 11 is 2.11. The zero-order chi connectivity index (χ0) is 57.9. The number of nitrogens with zero attached hydrogens (tertiary/aromatic N) is 3. The second-order valence-corrected chi connectivity index (χ2v) is 34.8. The minimum absolute atomic E-state index is 0.0130. The molecular formula is C78H92BN3S. The molecule has 0 N–H and O–H groups in total. The van der Waals surface area contributed by atoms with E-state index < -0.39 is 0 Å². The van der Waals surface area contributed by atoms with Gasteiger partial charge in [-0.25, -0.2) is 0 Å². The van der Waals surface area contributed by atoms with Crippen LogP contribution in [0.15, 0.2) is 97.1 Å². The molecule has 0 saturated heterocycles. The van der Waals surface area contributed by atoms with Gasteiger partial charge in [0.05, 0.1) is 10.5 Å². The van der Waals surface area contributed by atoms with Gasteiger partial charge in [0.25, 0.3) is 6.71 Å². The number of rotatable bonds is 3. The highest BCUT2D eigenvalue weighted by Gasteiger charge is 2.59. The van der Waals surface area contributed by atoms with Gasteiger partial charge >= 0.3 is 0 Å². The van der Waals surface area contributed by atoms with Crippen LogP contribution >= 0.6 is 11.3 Å². The van der Waals surface area contributed by atoms with Gasteiger partial charge < -0.3 is 14.7 Å². The predicted molar refractivity (Wildman–Crippen MR) is 358 cm³/mol. The van der Waals surface area contributed by atoms with Crippen molar-refractivity contribution in [1.29, 1.82) is 0 Å². The van der Waals surface area contributed by atoms with E-state index in [-0.39, 0.29) is 61.0 Å². The summed E-state index contributed by atoms with van der Waals surface area (Å²) in [5.41, 5.74) is 28.6. The molecule has 0 amide bonds. The van der Waals surface area contributed by atoms with Crippen molar-refractivity contribution in [2.75, 3.05) is 14.7 Å². The molecule has 7 aromatic rings. The van der Waals surface area contributed by atoms with E-state index in [9.17, 15) is 0 Å². The van der Waals surface area contributed by atoms with E-state index in [1.54, 1.807) is 16.7 Å². The third-order valence-corrected chi connectivity index (χ3v) is 27.2. The van der Waals surface area contributed by atoms with E-state index in [1.807, 2.05) is 0 Å². The summed E-state index contributed by atoms with van der Waals surface area (Å²) in [4.78, 5) is 8.58. The van der Waals surface area contributed by atoms with Gasteiger partial charge in [-0.05, 0) is 260 Å². The smallest absolute Gasteiger partial charge is 0.254 e. The van der Waals surface area contributed by atoms with E-state index in [1.165, 1.54) is 188 Å². The Morgan fingerprint density at radius 1 is 0.361 bits per heavy atom. The normalized spacial score (nSPS) is 29.0. The van der Waals surface area contributed by atoms with Gasteiger partial charge in [0.1, 0.15) is 0 Å². The van der Waals surface area contributed by atoms with Gasteiger partial charge in [0.15, 0.2) is 0 Å². The van der Waals surface area contributed by atoms with Gasteiger partial charge in [0, 0.05) is 49.9 Å². The molecule has 2 bridgehead atoms. The number of anilines is 8. The van der Waals surface area contributed by atoms with Crippen LogP contribution in [0.3, 0.4) is 0 Å². The Balaban J connectivity index is 1.07. The first-order valence-electron chi connectivity index (χ1n) is 32.8. The van der Waals surface area contributed by atoms with Gasteiger partial charge in [-0.2, -0.15) is 0 Å². The summed E-state index contributed by atoms with van der Waals surface area (Å²) in [5, 5.41) is 2.91. The molecule has 0 radical (unpaired) electrons. The van der Waals surface area contributed by atoms with E-state index >= 15 is 0 Å². The SMILES string of the molecule is CC1(C)CCC(C)(C)c2cc(N3c4cc5c(cc4B4c6c3cc(N3c7ccccc7C7(C)CCCCC37C)cc6N(c3ccc6c(c3)C(C)(C)CCC6(C)C)c3sc6cc7c(cc6c34)C3(C)CCC7(C)CC3)C(C)(C)CCC5(C)C)ccc21. The van der Waals surface area contributed by atoms with E-state index in [0.717, 1.165) is 6.42 Å². The zero-order valence-corrected chi connectivity index (χ0v) is 54.3. The van der Waals surface area contributed by atoms with Crippen LogP contribution < -0.4 is 31.1 Å². The van der Waals surface area contributed by atoms with Crippen molar-refractivity contribution in [2.24, 2.45) is 0 Å². The fourth-order valence-electron chi connectivity index (χ4n) is 19.7. The summed E-state index contributed by atoms with van der Waals surface area (Å²) in [6.45, 7) is 40.8. The van der Waals surface area contributed by atoms with Gasteiger partial charge in [0.2, 0.25) is 0 Å². The maximum Gasteiger partial charge on any atom is 0.254 e. The monoisotopic (exact) mass is 1110 g/mol. The number of para-hydroxylation sites is 1. The molecule has 0 spiro atoms. The first-order chi connectivity index (χ1) is 39.0. The topological polar surface area (TPSA) is 9.72 Å². The van der Waals surface area contributed by atoms with Crippen molar-refractivity contribution in [2.45, 2.75) is 255 Å². The Hall–Kier alpha value is -5.26. The molecule has 2 atom stereocenters. The molecule has 10 aliphatic rings. The highest BCUT2D eigenvalue weighted by Crippen LogP contribution is 2.64. The Morgan fingerprint density at radius 2 is 0.843 bits per heavy atom. The Kier molecular flexibility index (Phi) is 10.5. The summed E-state index contributed by atoms with van der Waals surface area (Å²) in [5.74, 6) is 0. The second kappa shape index (κ2) is 16.4. The maximum absolute atomic E-state index is 2.89. The molecule has 2 fully saturated rings. The predicted octanol–water partition coefficient (Wildman–Crippen LogP) is 19.9. The highest BCUT2D eigenvalue weighted by atomic mass is 32.1. The van der Waals surface area contributed by atoms with Crippen LogP contribution in [0.25, 0.3) is 10.1 Å². The van der Waals surface area contributed by atoms with Crippen molar-refractivity contribution in [3.8, 4) is 0 Å². The summed E-state index contributed by atoms with van der Waals surface area (Å²) in [7, 11) is 0. The molecule has 3 aliphatic heterocycles. The molecular weight excluding hydrogens is 1020 g/mol. The number of hydrogen-bond acceptors (Lipinski definition) is 4. The van der Waals surface area contributed by atoms with Crippen LogP contribution in [0.5, 0.6) is 0 Å². The standard InChI is InChI=1S/C78H92BN3S/c1-69(2)29-31-71(5,6)54-39-47(23-25-51(54)69)80-62-45-57-56(73(9,10)33-34-74(57,11)12)44-60(62)79-66-50-43-58-59(76(14)37-35-75(58,13)36-38-76)46-65(50)83-68(66)81(48-24-26-52-55(40-48)72(7,8)32-30-70(52,3)4)64-42-49(41-63(80)67(64)79)82-61-22-18-17-21-53(61)77(15)27-19-20-28-78(77,82)16/h17-18,21-26,39-46H,19-20,27-38H2,1-16H3. The molecule has 6 aromatic carbocycles. The third-order valence-electron chi connectivity index (χ3n) is 26.0. The van der Waals surface area contributed by atoms with Crippen molar-refractivity contribution in [3.63, 3.8) is 0 Å². The summed E-state index contributed by atoms with van der Waals surface area (Å²) in [6.07, 6.45) is 17.2. The van der Waals surface area contributed by atoms with Gasteiger partial charge in [-0.15, -0.1) is 11.3 Å². The molecule has 2 unspecified atom stereocenters. The van der Waals surface area contributed by atoms with Crippen LogP contribution in [0.4, 0.5) is 44.8 Å². The van der Waals surface area contributed by atoms with E-state index in [2.05, 4.69) is 234 Å². The first-order valence-corrected chi connectivity index (χ1v) is 33.6. The molecule has 7 aliphatic carbocycles. The number of fused-ring (bicyclic) bond motifs is 14. The molecule has 1 aromatic heterocycles. The molecule has 428 valence electrons. The van der Waals surface area contributed by atoms with Gasteiger partial charge in [-0.3, -0.25) is 0 Å². The number of hydrogen-bond donors (Lipinski definition) is 0. The molecule has 4 heterocycles. The Labute approximate surface area is 503 Å². The van der Waals surface area contributed by atoms with Crippen molar-refractivity contribution < 1.29 is 0 Å². The highest BCUT2D eigenvalue weighted by molar-refractivity contribution is 7.26. The average Bonchev–Trinajstić information content (AvgIpc) is 1.99. The molecule has 2 saturated carbocycles. The number of benzene rings is 6. The van der Waals surface area contributed by atoms with Crippen LogP contribution in [0.2, 0.25) is 0 Å². The van der Waals surface area contributed by atoms with Crippen LogP contribution in [0, 0.1) is 0 Å². The van der Waals surface area contributed by atoms with Crippen molar-refractivity contribution in [1.82, 2.24) is 0 Å². The molecule has 83 heavy (non-hydrogen) atoms. The quantitative estimate of drug-likeness (QED) is 0.163. The van der Waals surface area contributed by atoms with Crippen LogP contribution in [-0.4, -0.2) is 12.3 Å².